The average Bonchev–Trinajstić information content (AvgIpc) is 2.67. The van der Waals surface area contributed by atoms with Crippen molar-refractivity contribution in [3.05, 3.63) is 35.9 Å². The van der Waals surface area contributed by atoms with E-state index in [1.54, 1.807) is 26.0 Å². The van der Waals surface area contributed by atoms with E-state index in [-0.39, 0.29) is 6.61 Å². The number of methoxy groups -OCH3 is 2. The van der Waals surface area contributed by atoms with Crippen LogP contribution in [0.5, 0.6) is 0 Å². The first-order valence-corrected chi connectivity index (χ1v) is 8.58. The number of hydrogen-bond donors (Lipinski definition) is 1. The van der Waals surface area contributed by atoms with E-state index < -0.39 is 35.9 Å². The number of benzene rings is 1. The summed E-state index contributed by atoms with van der Waals surface area (Å²) >= 11 is 0. The van der Waals surface area contributed by atoms with Gasteiger partial charge in [-0.3, -0.25) is 4.79 Å². The zero-order chi connectivity index (χ0) is 20.1. The van der Waals surface area contributed by atoms with Gasteiger partial charge in [-0.1, -0.05) is 42.2 Å². The van der Waals surface area contributed by atoms with Crippen molar-refractivity contribution in [3.63, 3.8) is 0 Å². The van der Waals surface area contributed by atoms with E-state index in [0.717, 1.165) is 0 Å². The Morgan fingerprint density at radius 3 is 2.37 bits per heavy atom. The van der Waals surface area contributed by atoms with E-state index in [1.807, 2.05) is 18.2 Å². The van der Waals surface area contributed by atoms with Crippen LogP contribution in [-0.4, -0.2) is 55.7 Å². The first-order valence-electron chi connectivity index (χ1n) is 8.58. The molecule has 0 unspecified atom stereocenters. The molecule has 1 fully saturated rings. The molecule has 0 aromatic heterocycles. The molecule has 2 rings (SSSR count). The highest BCUT2D eigenvalue weighted by Crippen LogP contribution is 2.37. The molecule has 1 saturated heterocycles. The maximum atomic E-state index is 11.4. The average molecular weight is 378 g/mol. The number of ether oxygens (including phenoxy) is 5. The molecule has 0 amide bonds. The van der Waals surface area contributed by atoms with Gasteiger partial charge in [0.1, 0.15) is 12.2 Å². The molecular weight excluding hydrogens is 352 g/mol. The summed E-state index contributed by atoms with van der Waals surface area (Å²) in [7, 11) is 2.95. The van der Waals surface area contributed by atoms with Gasteiger partial charge in [0.15, 0.2) is 6.10 Å². The Kier molecular flexibility index (Phi) is 6.98. The SMILES string of the molecule is CO[C@]1(C)OC[C@H]([C@@H](O)C#C[C@@H](OC(C)=O)c2ccccc2)O[C@@]1(C)OC. The minimum absolute atomic E-state index is 0.0582. The van der Waals surface area contributed by atoms with Crippen LogP contribution in [0.2, 0.25) is 0 Å². The van der Waals surface area contributed by atoms with Crippen LogP contribution >= 0.6 is 0 Å². The lowest BCUT2D eigenvalue weighted by molar-refractivity contribution is -0.435. The van der Waals surface area contributed by atoms with Crippen molar-refractivity contribution in [1.29, 1.82) is 0 Å². The smallest absolute Gasteiger partial charge is 0.304 e. The summed E-state index contributed by atoms with van der Waals surface area (Å²) in [6.45, 7) is 4.72. The number of aliphatic hydroxyl groups is 1. The molecule has 148 valence electrons. The molecule has 1 aliphatic heterocycles. The van der Waals surface area contributed by atoms with Gasteiger partial charge in [0.2, 0.25) is 11.6 Å². The van der Waals surface area contributed by atoms with Gasteiger partial charge >= 0.3 is 5.97 Å². The highest BCUT2D eigenvalue weighted by atomic mass is 16.8. The fourth-order valence-corrected chi connectivity index (χ4v) is 2.66. The first-order chi connectivity index (χ1) is 12.7. The Labute approximate surface area is 159 Å². The van der Waals surface area contributed by atoms with Crippen molar-refractivity contribution >= 4 is 5.97 Å². The molecule has 5 atom stereocenters. The van der Waals surface area contributed by atoms with E-state index in [1.165, 1.54) is 21.1 Å². The molecule has 1 aromatic rings. The molecule has 0 spiro atoms. The number of carbonyl (C=O) groups excluding carboxylic acids is 1. The monoisotopic (exact) mass is 378 g/mol. The molecule has 0 saturated carbocycles. The minimum Gasteiger partial charge on any atom is -0.444 e. The van der Waals surface area contributed by atoms with Gasteiger partial charge in [-0.15, -0.1) is 0 Å². The third-order valence-electron chi connectivity index (χ3n) is 4.60. The fourth-order valence-electron chi connectivity index (χ4n) is 2.66. The number of hydrogen-bond acceptors (Lipinski definition) is 7. The summed E-state index contributed by atoms with van der Waals surface area (Å²) < 4.78 is 27.6. The van der Waals surface area contributed by atoms with E-state index in [9.17, 15) is 9.90 Å². The standard InChI is InChI=1S/C20H26O7/c1-14(21)26-17(15-9-7-6-8-10-15)12-11-16(22)18-13-25-19(2,23-4)20(3,24-5)27-18/h6-10,16-18,22H,13H2,1-5H3/t16-,17+,18+,19+,20+/m0/s1. The second kappa shape index (κ2) is 8.83. The zero-order valence-corrected chi connectivity index (χ0v) is 16.2. The topological polar surface area (TPSA) is 83.5 Å². The summed E-state index contributed by atoms with van der Waals surface area (Å²) in [5.41, 5.74) is 0.710. The number of carbonyl (C=O) groups is 1. The summed E-state index contributed by atoms with van der Waals surface area (Å²) in [5.74, 6) is 2.66. The van der Waals surface area contributed by atoms with Gasteiger partial charge < -0.3 is 28.8 Å². The lowest BCUT2D eigenvalue weighted by Crippen LogP contribution is -2.63. The van der Waals surface area contributed by atoms with Crippen LogP contribution in [-0.2, 0) is 28.5 Å². The van der Waals surface area contributed by atoms with Crippen molar-refractivity contribution in [2.75, 3.05) is 20.8 Å². The molecule has 0 aliphatic carbocycles. The molecule has 1 aromatic carbocycles. The summed E-state index contributed by atoms with van der Waals surface area (Å²) in [4.78, 5) is 11.4. The Morgan fingerprint density at radius 2 is 1.81 bits per heavy atom. The van der Waals surface area contributed by atoms with Gasteiger partial charge in [-0.2, -0.15) is 0 Å². The molecule has 7 heteroatoms. The first kappa shape index (κ1) is 21.4. The Bertz CT molecular complexity index is 695. The fraction of sp³-hybridized carbons (Fsp3) is 0.550. The van der Waals surface area contributed by atoms with Crippen LogP contribution < -0.4 is 0 Å². The quantitative estimate of drug-likeness (QED) is 0.618. The second-order valence-corrected chi connectivity index (χ2v) is 6.40. The zero-order valence-electron chi connectivity index (χ0n) is 16.2. The lowest BCUT2D eigenvalue weighted by Gasteiger charge is -2.49. The molecule has 7 nitrogen and oxygen atoms in total. The highest BCUT2D eigenvalue weighted by Gasteiger charge is 2.54. The molecule has 0 bridgehead atoms. The molecule has 1 N–H and O–H groups in total. The predicted octanol–water partition coefficient (Wildman–Crippen LogP) is 1.80. The third kappa shape index (κ3) is 4.86. The normalized spacial score (nSPS) is 29.9. The van der Waals surface area contributed by atoms with Crippen LogP contribution in [0.1, 0.15) is 32.4 Å². The number of rotatable bonds is 5. The van der Waals surface area contributed by atoms with Crippen molar-refractivity contribution in [2.24, 2.45) is 0 Å². The maximum absolute atomic E-state index is 11.4. The summed E-state index contributed by atoms with van der Waals surface area (Å²) in [6, 6.07) is 9.07. The second-order valence-electron chi connectivity index (χ2n) is 6.40. The number of aliphatic hydroxyl groups excluding tert-OH is 1. The van der Waals surface area contributed by atoms with Crippen molar-refractivity contribution in [2.45, 2.75) is 50.7 Å². The largest absolute Gasteiger partial charge is 0.444 e. The lowest BCUT2D eigenvalue weighted by atomic mass is 10.0. The van der Waals surface area contributed by atoms with Crippen LogP contribution in [0.15, 0.2) is 30.3 Å². The summed E-state index contributed by atoms with van der Waals surface area (Å²) in [5, 5.41) is 10.5. The summed E-state index contributed by atoms with van der Waals surface area (Å²) in [6.07, 6.45) is -2.73. The molecular formula is C20H26O7. The molecule has 0 radical (unpaired) electrons. The van der Waals surface area contributed by atoms with E-state index in [2.05, 4.69) is 11.8 Å². The van der Waals surface area contributed by atoms with Crippen LogP contribution in [0.25, 0.3) is 0 Å². The Balaban J connectivity index is 2.16. The van der Waals surface area contributed by atoms with Crippen molar-refractivity contribution in [1.82, 2.24) is 0 Å². The minimum atomic E-state index is -1.23. The third-order valence-corrected chi connectivity index (χ3v) is 4.60. The van der Waals surface area contributed by atoms with Crippen LogP contribution in [0.3, 0.4) is 0 Å². The van der Waals surface area contributed by atoms with Crippen molar-refractivity contribution in [3.8, 4) is 11.8 Å². The van der Waals surface area contributed by atoms with Gasteiger partial charge in [0, 0.05) is 26.7 Å². The Morgan fingerprint density at radius 1 is 1.19 bits per heavy atom. The van der Waals surface area contributed by atoms with E-state index in [4.69, 9.17) is 23.7 Å². The van der Waals surface area contributed by atoms with E-state index >= 15 is 0 Å². The maximum Gasteiger partial charge on any atom is 0.304 e. The Hall–Kier alpha value is -1.95. The van der Waals surface area contributed by atoms with Gasteiger partial charge in [0.25, 0.3) is 0 Å². The number of esters is 1. The predicted molar refractivity (Wildman–Crippen MR) is 96.4 cm³/mol. The molecule has 1 aliphatic rings. The highest BCUT2D eigenvalue weighted by molar-refractivity contribution is 5.66. The van der Waals surface area contributed by atoms with Gasteiger partial charge in [-0.25, -0.2) is 0 Å². The van der Waals surface area contributed by atoms with Crippen LogP contribution in [0, 0.1) is 11.8 Å². The van der Waals surface area contributed by atoms with Crippen molar-refractivity contribution < 1.29 is 33.6 Å². The van der Waals surface area contributed by atoms with E-state index in [0.29, 0.717) is 5.56 Å². The molecule has 27 heavy (non-hydrogen) atoms. The molecule has 1 heterocycles. The van der Waals surface area contributed by atoms with Gasteiger partial charge in [0.05, 0.1) is 6.61 Å². The van der Waals surface area contributed by atoms with Gasteiger partial charge in [-0.05, 0) is 13.8 Å². The van der Waals surface area contributed by atoms with Crippen LogP contribution in [0.4, 0.5) is 0 Å².